The van der Waals surface area contributed by atoms with Gasteiger partial charge >= 0.3 is 0 Å². The summed E-state index contributed by atoms with van der Waals surface area (Å²) in [4.78, 5) is 2.43. The highest BCUT2D eigenvalue weighted by Crippen LogP contribution is 2.22. The molecule has 1 N–H and O–H groups in total. The summed E-state index contributed by atoms with van der Waals surface area (Å²) >= 11 is 0. The second-order valence-electron chi connectivity index (χ2n) is 5.09. The number of hydrogen-bond donors (Lipinski definition) is 1. The number of anilines is 1. The zero-order valence-electron chi connectivity index (χ0n) is 15.8. The molecule has 1 aromatic rings. The van der Waals surface area contributed by atoms with Gasteiger partial charge in [0.2, 0.25) is 0 Å². The first-order chi connectivity index (χ1) is 11.3. The molecule has 0 spiro atoms. The van der Waals surface area contributed by atoms with Gasteiger partial charge < -0.3 is 10.2 Å². The zero-order valence-corrected chi connectivity index (χ0v) is 16.7. The van der Waals surface area contributed by atoms with E-state index in [9.17, 15) is 0 Å². The van der Waals surface area contributed by atoms with E-state index in [1.807, 2.05) is 39.1 Å². The van der Waals surface area contributed by atoms with Gasteiger partial charge in [-0.2, -0.15) is 0 Å². The summed E-state index contributed by atoms with van der Waals surface area (Å²) in [5, 5.41) is 3.23. The fourth-order valence-corrected chi connectivity index (χ4v) is 2.40. The first-order valence-corrected chi connectivity index (χ1v) is 8.68. The third-order valence-electron chi connectivity index (χ3n) is 3.44. The van der Waals surface area contributed by atoms with Gasteiger partial charge in [-0.25, -0.2) is 0 Å². The molecule has 1 rings (SSSR count). The van der Waals surface area contributed by atoms with Crippen LogP contribution < -0.4 is 10.2 Å². The molecule has 0 aromatic heterocycles. The number of hydrogen-bond acceptors (Lipinski definition) is 2. The highest BCUT2D eigenvalue weighted by Gasteiger charge is 2.10. The van der Waals surface area contributed by atoms with Crippen LogP contribution in [0.15, 0.2) is 61.2 Å². The van der Waals surface area contributed by atoms with E-state index < -0.39 is 0 Å². The fraction of sp³-hybridized carbons (Fsp3) is 0.429. The van der Waals surface area contributed by atoms with Gasteiger partial charge in [0.25, 0.3) is 0 Å². The number of nitrogens with zero attached hydrogens (tertiary/aromatic N) is 1. The van der Waals surface area contributed by atoms with Crippen LogP contribution in [0.2, 0.25) is 0 Å². The average molecular weight is 351 g/mol. The minimum absolute atomic E-state index is 0. The van der Waals surface area contributed by atoms with Crippen molar-refractivity contribution in [2.24, 2.45) is 0 Å². The third-order valence-corrected chi connectivity index (χ3v) is 3.44. The van der Waals surface area contributed by atoms with Crippen molar-refractivity contribution in [2.75, 3.05) is 31.6 Å². The molecule has 0 amide bonds. The lowest BCUT2D eigenvalue weighted by molar-refractivity contribution is 0.771. The molecule has 0 aliphatic heterocycles. The molecular formula is C21H35ClN2. The van der Waals surface area contributed by atoms with Gasteiger partial charge in [-0.15, -0.1) is 12.4 Å². The molecule has 2 nitrogen and oxygen atoms in total. The largest absolute Gasteiger partial charge is 0.367 e. The van der Waals surface area contributed by atoms with Crippen LogP contribution in [0.3, 0.4) is 0 Å². The molecule has 0 bridgehead atoms. The minimum atomic E-state index is 0. The number of benzene rings is 1. The van der Waals surface area contributed by atoms with E-state index in [0.717, 1.165) is 32.5 Å². The van der Waals surface area contributed by atoms with Crippen LogP contribution in [0.4, 0.5) is 5.69 Å². The van der Waals surface area contributed by atoms with E-state index in [1.54, 1.807) is 0 Å². The van der Waals surface area contributed by atoms with Crippen LogP contribution in [-0.2, 0) is 6.42 Å². The molecule has 1 aromatic carbocycles. The van der Waals surface area contributed by atoms with E-state index >= 15 is 0 Å². The highest BCUT2D eigenvalue weighted by atomic mass is 35.5. The van der Waals surface area contributed by atoms with Crippen LogP contribution in [0.25, 0.3) is 0 Å². The van der Waals surface area contributed by atoms with E-state index in [4.69, 9.17) is 0 Å². The Kier molecular flexibility index (Phi) is 16.9. The molecule has 3 heteroatoms. The van der Waals surface area contributed by atoms with Crippen molar-refractivity contribution in [3.05, 3.63) is 66.8 Å². The maximum absolute atomic E-state index is 3.91. The van der Waals surface area contributed by atoms with Gasteiger partial charge in [-0.3, -0.25) is 0 Å². The minimum Gasteiger partial charge on any atom is -0.367 e. The molecule has 24 heavy (non-hydrogen) atoms. The molecule has 0 fully saturated rings. The SMILES string of the molecule is C=C/C=C(\C=C)CN(CCC)c1ccccc1CCNC.CC.Cl. The van der Waals surface area contributed by atoms with Gasteiger partial charge in [0.1, 0.15) is 0 Å². The normalized spacial score (nSPS) is 10.1. The van der Waals surface area contributed by atoms with Crippen LogP contribution in [0.1, 0.15) is 32.8 Å². The lowest BCUT2D eigenvalue weighted by atomic mass is 10.1. The smallest absolute Gasteiger partial charge is 0.0429 e. The van der Waals surface area contributed by atoms with Gasteiger partial charge in [-0.1, -0.05) is 70.4 Å². The summed E-state index contributed by atoms with van der Waals surface area (Å²) in [6.45, 7) is 16.8. The van der Waals surface area contributed by atoms with Gasteiger partial charge in [0.15, 0.2) is 0 Å². The lowest BCUT2D eigenvalue weighted by Gasteiger charge is -2.27. The maximum atomic E-state index is 3.91. The standard InChI is InChI=1S/C19H28N2.C2H6.ClH/c1-5-10-17(7-3)16-21(15-6-2)19-12-9-8-11-18(19)13-14-20-4;1-2;/h5,7-12,20H,1,3,6,13-16H2,2,4H3;1-2H3;1H/b17-10+;;. The molecule has 0 saturated carbocycles. The van der Waals surface area contributed by atoms with E-state index in [1.165, 1.54) is 16.8 Å². The van der Waals surface area contributed by atoms with E-state index in [-0.39, 0.29) is 12.4 Å². The van der Waals surface area contributed by atoms with Crippen molar-refractivity contribution in [3.8, 4) is 0 Å². The molecular weight excluding hydrogens is 316 g/mol. The summed E-state index contributed by atoms with van der Waals surface area (Å²) in [5.74, 6) is 0. The highest BCUT2D eigenvalue weighted by molar-refractivity contribution is 5.85. The number of likely N-dealkylation sites (N-methyl/N-ethyl adjacent to an activating group) is 1. The number of halogens is 1. The van der Waals surface area contributed by atoms with Crippen LogP contribution in [0, 0.1) is 0 Å². The predicted octanol–water partition coefficient (Wildman–Crippen LogP) is 5.41. The third kappa shape index (κ3) is 8.95. The van der Waals surface area contributed by atoms with Crippen molar-refractivity contribution in [1.82, 2.24) is 5.32 Å². The summed E-state index contributed by atoms with van der Waals surface area (Å²) < 4.78 is 0. The maximum Gasteiger partial charge on any atom is 0.0429 e. The van der Waals surface area contributed by atoms with Gasteiger partial charge in [-0.05, 0) is 43.6 Å². The quantitative estimate of drug-likeness (QED) is 0.567. The fourth-order valence-electron chi connectivity index (χ4n) is 2.40. The molecule has 0 atom stereocenters. The van der Waals surface area contributed by atoms with Crippen molar-refractivity contribution in [2.45, 2.75) is 33.6 Å². The number of nitrogens with one attached hydrogen (secondary N) is 1. The Morgan fingerprint density at radius 1 is 1.21 bits per heavy atom. The van der Waals surface area contributed by atoms with Gasteiger partial charge in [0, 0.05) is 18.8 Å². The van der Waals surface area contributed by atoms with Crippen molar-refractivity contribution in [1.29, 1.82) is 0 Å². The van der Waals surface area contributed by atoms with E-state index in [0.29, 0.717) is 0 Å². The molecule has 0 aliphatic rings. The number of allylic oxidation sites excluding steroid dienone is 2. The monoisotopic (exact) mass is 350 g/mol. The molecule has 0 saturated heterocycles. The Morgan fingerprint density at radius 3 is 2.42 bits per heavy atom. The molecule has 0 unspecified atom stereocenters. The molecule has 136 valence electrons. The number of para-hydroxylation sites is 1. The topological polar surface area (TPSA) is 15.3 Å². The van der Waals surface area contributed by atoms with Crippen molar-refractivity contribution < 1.29 is 0 Å². The molecule has 0 heterocycles. The predicted molar refractivity (Wildman–Crippen MR) is 114 cm³/mol. The Balaban J connectivity index is 0. The number of rotatable bonds is 10. The second-order valence-corrected chi connectivity index (χ2v) is 5.09. The van der Waals surface area contributed by atoms with E-state index in [2.05, 4.69) is 54.6 Å². The molecule has 0 aliphatic carbocycles. The van der Waals surface area contributed by atoms with Crippen LogP contribution >= 0.6 is 12.4 Å². The van der Waals surface area contributed by atoms with Crippen LogP contribution in [-0.4, -0.2) is 26.7 Å². The Morgan fingerprint density at radius 2 is 1.88 bits per heavy atom. The first-order valence-electron chi connectivity index (χ1n) is 8.68. The first kappa shape index (κ1) is 24.7. The summed E-state index contributed by atoms with van der Waals surface area (Å²) in [6.07, 6.45) is 7.95. The van der Waals surface area contributed by atoms with Gasteiger partial charge in [0.05, 0.1) is 0 Å². The summed E-state index contributed by atoms with van der Waals surface area (Å²) in [7, 11) is 2.00. The Labute approximate surface area is 155 Å². The summed E-state index contributed by atoms with van der Waals surface area (Å²) in [6, 6.07) is 8.67. The van der Waals surface area contributed by atoms with Crippen LogP contribution in [0.5, 0.6) is 0 Å². The zero-order chi connectivity index (χ0) is 17.5. The Hall–Kier alpha value is -1.51. The second kappa shape index (κ2) is 16.4. The summed E-state index contributed by atoms with van der Waals surface area (Å²) in [5.41, 5.74) is 3.91. The Bertz CT molecular complexity index is 480. The van der Waals surface area contributed by atoms with Crippen molar-refractivity contribution in [3.63, 3.8) is 0 Å². The van der Waals surface area contributed by atoms with Crippen molar-refractivity contribution >= 4 is 18.1 Å². The molecule has 0 radical (unpaired) electrons. The average Bonchev–Trinajstić information content (AvgIpc) is 2.61. The lowest BCUT2D eigenvalue weighted by Crippen LogP contribution is -2.27.